The van der Waals surface area contributed by atoms with Gasteiger partial charge < -0.3 is 14.8 Å². The van der Waals surface area contributed by atoms with Crippen LogP contribution in [0.5, 0.6) is 0 Å². The van der Waals surface area contributed by atoms with E-state index < -0.39 is 5.97 Å². The molecule has 100 valence electrons. The third-order valence-electron chi connectivity index (χ3n) is 2.37. The molecule has 1 aromatic heterocycles. The zero-order valence-corrected chi connectivity index (χ0v) is 10.6. The van der Waals surface area contributed by atoms with E-state index in [0.29, 0.717) is 18.7 Å². The molecule has 0 aliphatic carbocycles. The maximum Gasteiger partial charge on any atom is 0.372 e. The molecule has 0 radical (unpaired) electrons. The molecule has 1 rings (SSSR count). The van der Waals surface area contributed by atoms with Crippen LogP contribution in [-0.2, 0) is 11.3 Å². The summed E-state index contributed by atoms with van der Waals surface area (Å²) in [5, 5.41) is 11.6. The molecule has 0 aliphatic rings. The number of hydrogen-bond donors (Lipinski definition) is 2. The molecule has 0 fully saturated rings. The number of nitrogens with zero attached hydrogens (tertiary/aromatic N) is 1. The Bertz CT molecular complexity index is 414. The standard InChI is InChI=1S/C12H18N2O4/c1-3-5-13-10(15)8-14(2)7-9-4-6-18-11(9)12(16)17/h4,6H,3,5,7-8H2,1-2H3,(H,13,15)(H,16,17). The Morgan fingerprint density at radius 1 is 1.50 bits per heavy atom. The summed E-state index contributed by atoms with van der Waals surface area (Å²) >= 11 is 0. The molecule has 0 aromatic carbocycles. The van der Waals surface area contributed by atoms with Crippen molar-refractivity contribution in [1.29, 1.82) is 0 Å². The molecule has 1 heterocycles. The number of nitrogens with one attached hydrogen (secondary N) is 1. The number of carboxylic acids is 1. The molecule has 18 heavy (non-hydrogen) atoms. The monoisotopic (exact) mass is 254 g/mol. The molecule has 0 saturated heterocycles. The van der Waals surface area contributed by atoms with E-state index in [1.165, 1.54) is 6.26 Å². The average Bonchev–Trinajstić information content (AvgIpc) is 2.74. The first-order valence-corrected chi connectivity index (χ1v) is 5.79. The van der Waals surface area contributed by atoms with E-state index in [1.807, 2.05) is 6.92 Å². The Morgan fingerprint density at radius 3 is 2.83 bits per heavy atom. The molecule has 0 aliphatic heterocycles. The molecule has 6 nitrogen and oxygen atoms in total. The van der Waals surface area contributed by atoms with E-state index >= 15 is 0 Å². The lowest BCUT2D eigenvalue weighted by Gasteiger charge is -2.15. The van der Waals surface area contributed by atoms with Gasteiger partial charge in [0.1, 0.15) is 0 Å². The Balaban J connectivity index is 2.49. The van der Waals surface area contributed by atoms with Crippen LogP contribution in [0.15, 0.2) is 16.7 Å². The fourth-order valence-corrected chi connectivity index (χ4v) is 1.56. The summed E-state index contributed by atoms with van der Waals surface area (Å²) in [4.78, 5) is 24.0. The van der Waals surface area contributed by atoms with Gasteiger partial charge in [0.25, 0.3) is 0 Å². The Kier molecular flexibility index (Phi) is 5.38. The average molecular weight is 254 g/mol. The summed E-state index contributed by atoms with van der Waals surface area (Å²) in [5.74, 6) is -1.24. The second-order valence-electron chi connectivity index (χ2n) is 4.10. The third kappa shape index (κ3) is 4.21. The number of hydrogen-bond acceptors (Lipinski definition) is 4. The quantitative estimate of drug-likeness (QED) is 0.756. The number of carboxylic acid groups (broad SMARTS) is 1. The van der Waals surface area contributed by atoms with Gasteiger partial charge in [-0.25, -0.2) is 4.79 Å². The van der Waals surface area contributed by atoms with Crippen LogP contribution >= 0.6 is 0 Å². The van der Waals surface area contributed by atoms with Crippen molar-refractivity contribution in [3.63, 3.8) is 0 Å². The zero-order valence-electron chi connectivity index (χ0n) is 10.6. The minimum atomic E-state index is -1.10. The molecule has 0 spiro atoms. The van der Waals surface area contributed by atoms with E-state index in [9.17, 15) is 9.59 Å². The molecule has 0 bridgehead atoms. The summed E-state index contributed by atoms with van der Waals surface area (Å²) in [6.45, 7) is 3.22. The number of carbonyl (C=O) groups excluding carboxylic acids is 1. The van der Waals surface area contributed by atoms with Gasteiger partial charge in [0.05, 0.1) is 12.8 Å². The smallest absolute Gasteiger partial charge is 0.372 e. The predicted octanol–water partition coefficient (Wildman–Crippen LogP) is 0.936. The van der Waals surface area contributed by atoms with Crippen molar-refractivity contribution >= 4 is 11.9 Å². The Hall–Kier alpha value is -1.82. The van der Waals surface area contributed by atoms with Crippen molar-refractivity contribution in [3.8, 4) is 0 Å². The van der Waals surface area contributed by atoms with E-state index in [1.54, 1.807) is 18.0 Å². The number of carbonyl (C=O) groups is 2. The van der Waals surface area contributed by atoms with Crippen LogP contribution in [0.1, 0.15) is 29.5 Å². The molecule has 2 N–H and O–H groups in total. The van der Waals surface area contributed by atoms with Crippen molar-refractivity contribution in [1.82, 2.24) is 10.2 Å². The van der Waals surface area contributed by atoms with Gasteiger partial charge in [-0.2, -0.15) is 0 Å². The van der Waals surface area contributed by atoms with Crippen molar-refractivity contribution in [2.24, 2.45) is 0 Å². The van der Waals surface area contributed by atoms with Crippen LogP contribution in [0, 0.1) is 0 Å². The lowest BCUT2D eigenvalue weighted by atomic mass is 10.2. The molecule has 0 saturated carbocycles. The van der Waals surface area contributed by atoms with Crippen LogP contribution in [0.25, 0.3) is 0 Å². The van der Waals surface area contributed by atoms with Gasteiger partial charge in [-0.05, 0) is 19.5 Å². The summed E-state index contributed by atoms with van der Waals surface area (Å²) in [6, 6.07) is 1.60. The number of rotatable bonds is 7. The summed E-state index contributed by atoms with van der Waals surface area (Å²) in [7, 11) is 1.75. The zero-order chi connectivity index (χ0) is 13.5. The number of amides is 1. The second kappa shape index (κ2) is 6.80. The summed E-state index contributed by atoms with van der Waals surface area (Å²) in [6.07, 6.45) is 2.23. The van der Waals surface area contributed by atoms with Gasteiger partial charge in [-0.15, -0.1) is 0 Å². The van der Waals surface area contributed by atoms with Crippen molar-refractivity contribution in [3.05, 3.63) is 23.7 Å². The van der Waals surface area contributed by atoms with Gasteiger partial charge in [-0.1, -0.05) is 6.92 Å². The highest BCUT2D eigenvalue weighted by Crippen LogP contribution is 2.12. The molecule has 1 amide bonds. The molecule has 0 unspecified atom stereocenters. The van der Waals surface area contributed by atoms with Gasteiger partial charge in [0.2, 0.25) is 11.7 Å². The lowest BCUT2D eigenvalue weighted by Crippen LogP contribution is -2.35. The van der Waals surface area contributed by atoms with Crippen molar-refractivity contribution in [2.45, 2.75) is 19.9 Å². The number of furan rings is 1. The first kappa shape index (κ1) is 14.2. The van der Waals surface area contributed by atoms with E-state index in [2.05, 4.69) is 5.32 Å². The van der Waals surface area contributed by atoms with Crippen molar-refractivity contribution < 1.29 is 19.1 Å². The van der Waals surface area contributed by atoms with Gasteiger partial charge in [0.15, 0.2) is 0 Å². The Labute approximate surface area is 106 Å². The molecular formula is C12H18N2O4. The van der Waals surface area contributed by atoms with E-state index in [-0.39, 0.29) is 18.2 Å². The SMILES string of the molecule is CCCNC(=O)CN(C)Cc1ccoc1C(=O)O. The Morgan fingerprint density at radius 2 is 2.22 bits per heavy atom. The largest absolute Gasteiger partial charge is 0.475 e. The number of aromatic carboxylic acids is 1. The van der Waals surface area contributed by atoms with Gasteiger partial charge >= 0.3 is 5.97 Å². The summed E-state index contributed by atoms with van der Waals surface area (Å²) in [5.41, 5.74) is 0.563. The van der Waals surface area contributed by atoms with Crippen LogP contribution in [0.2, 0.25) is 0 Å². The van der Waals surface area contributed by atoms with Crippen LogP contribution in [-0.4, -0.2) is 42.0 Å². The minimum absolute atomic E-state index is 0.0697. The van der Waals surface area contributed by atoms with Gasteiger partial charge in [-0.3, -0.25) is 9.69 Å². The topological polar surface area (TPSA) is 82.8 Å². The summed E-state index contributed by atoms with van der Waals surface area (Å²) < 4.78 is 4.87. The third-order valence-corrected chi connectivity index (χ3v) is 2.37. The highest BCUT2D eigenvalue weighted by atomic mass is 16.4. The maximum atomic E-state index is 11.5. The normalized spacial score (nSPS) is 10.6. The lowest BCUT2D eigenvalue weighted by molar-refractivity contribution is -0.122. The van der Waals surface area contributed by atoms with Crippen molar-refractivity contribution in [2.75, 3.05) is 20.1 Å². The second-order valence-corrected chi connectivity index (χ2v) is 4.10. The van der Waals surface area contributed by atoms with Crippen LogP contribution in [0.3, 0.4) is 0 Å². The first-order chi connectivity index (χ1) is 8.54. The van der Waals surface area contributed by atoms with E-state index in [4.69, 9.17) is 9.52 Å². The fraction of sp³-hybridized carbons (Fsp3) is 0.500. The number of likely N-dealkylation sites (N-methyl/N-ethyl adjacent to an activating group) is 1. The van der Waals surface area contributed by atoms with Crippen LogP contribution in [0.4, 0.5) is 0 Å². The molecule has 1 aromatic rings. The highest BCUT2D eigenvalue weighted by Gasteiger charge is 2.16. The van der Waals surface area contributed by atoms with Crippen LogP contribution < -0.4 is 5.32 Å². The highest BCUT2D eigenvalue weighted by molar-refractivity contribution is 5.86. The van der Waals surface area contributed by atoms with E-state index in [0.717, 1.165) is 6.42 Å². The van der Waals surface area contributed by atoms with Gasteiger partial charge in [0, 0.05) is 18.7 Å². The molecular weight excluding hydrogens is 236 g/mol. The fourth-order valence-electron chi connectivity index (χ4n) is 1.56. The maximum absolute atomic E-state index is 11.5. The molecule has 6 heteroatoms. The minimum Gasteiger partial charge on any atom is -0.475 e. The predicted molar refractivity (Wildman–Crippen MR) is 65.3 cm³/mol. The first-order valence-electron chi connectivity index (χ1n) is 5.79. The molecule has 0 atom stereocenters.